The molecule has 0 aromatic carbocycles. The van der Waals surface area contributed by atoms with Crippen LogP contribution in [0, 0.1) is 0 Å². The van der Waals surface area contributed by atoms with Crippen LogP contribution in [0.2, 0.25) is 0 Å². The average Bonchev–Trinajstić information content (AvgIpc) is 1.96. The van der Waals surface area contributed by atoms with Gasteiger partial charge in [-0.25, -0.2) is 0 Å². The summed E-state index contributed by atoms with van der Waals surface area (Å²) in [5.41, 5.74) is 0.0295. The highest BCUT2D eigenvalue weighted by atomic mass is 16.5. The first-order valence-corrected chi connectivity index (χ1v) is 5.84. The number of carbonyl (C=O) groups is 1. The highest BCUT2D eigenvalue weighted by molar-refractivity contribution is 5.71. The standard InChI is InChI=1S/C13H23NO2/c1-6-7-11(15)16-10-8-12(2,3)14-13(4,5)9-10/h6,10,14H,1,7-9H2,2-5H3. The Kier molecular flexibility index (Phi) is 3.79. The molecule has 1 heterocycles. The molecule has 0 aromatic rings. The fourth-order valence-corrected chi connectivity index (χ4v) is 2.66. The Morgan fingerprint density at radius 2 is 1.88 bits per heavy atom. The summed E-state index contributed by atoms with van der Waals surface area (Å²) in [5.74, 6) is -0.173. The first-order valence-electron chi connectivity index (χ1n) is 5.84. The highest BCUT2D eigenvalue weighted by Gasteiger charge is 2.39. The Morgan fingerprint density at radius 1 is 1.38 bits per heavy atom. The summed E-state index contributed by atoms with van der Waals surface area (Å²) in [6.45, 7) is 12.1. The van der Waals surface area contributed by atoms with Crippen molar-refractivity contribution >= 4 is 5.97 Å². The maximum Gasteiger partial charge on any atom is 0.309 e. The maximum atomic E-state index is 11.4. The molecule has 1 rings (SSSR count). The summed E-state index contributed by atoms with van der Waals surface area (Å²) >= 11 is 0. The van der Waals surface area contributed by atoms with Gasteiger partial charge in [0.15, 0.2) is 0 Å². The van der Waals surface area contributed by atoms with Gasteiger partial charge in [0.2, 0.25) is 0 Å². The van der Waals surface area contributed by atoms with E-state index in [4.69, 9.17) is 4.74 Å². The zero-order valence-electron chi connectivity index (χ0n) is 10.8. The third kappa shape index (κ3) is 3.97. The zero-order chi connectivity index (χ0) is 12.4. The van der Waals surface area contributed by atoms with E-state index in [9.17, 15) is 4.79 Å². The van der Waals surface area contributed by atoms with Gasteiger partial charge >= 0.3 is 5.97 Å². The molecule has 0 radical (unpaired) electrons. The molecule has 1 aliphatic rings. The molecule has 0 saturated carbocycles. The lowest BCUT2D eigenvalue weighted by Gasteiger charge is -2.45. The van der Waals surface area contributed by atoms with Crippen LogP contribution in [0.15, 0.2) is 12.7 Å². The summed E-state index contributed by atoms with van der Waals surface area (Å²) in [6.07, 6.45) is 3.61. The molecule has 0 amide bonds. The van der Waals surface area contributed by atoms with Gasteiger partial charge in [-0.05, 0) is 27.7 Å². The molecule has 0 aliphatic carbocycles. The van der Waals surface area contributed by atoms with Crippen LogP contribution in [0.25, 0.3) is 0 Å². The van der Waals surface area contributed by atoms with Crippen LogP contribution in [0.3, 0.4) is 0 Å². The minimum Gasteiger partial charge on any atom is -0.462 e. The molecule has 1 fully saturated rings. The highest BCUT2D eigenvalue weighted by Crippen LogP contribution is 2.30. The van der Waals surface area contributed by atoms with E-state index in [1.807, 2.05) is 0 Å². The normalized spacial score (nSPS) is 23.8. The Bertz CT molecular complexity index is 266. The lowest BCUT2D eigenvalue weighted by atomic mass is 9.81. The molecular weight excluding hydrogens is 202 g/mol. The second-order valence-corrected chi connectivity index (χ2v) is 5.91. The Morgan fingerprint density at radius 3 is 2.31 bits per heavy atom. The van der Waals surface area contributed by atoms with Gasteiger partial charge < -0.3 is 10.1 Å². The second kappa shape index (κ2) is 4.58. The van der Waals surface area contributed by atoms with Gasteiger partial charge in [0, 0.05) is 23.9 Å². The number of ether oxygens (including phenoxy) is 1. The summed E-state index contributed by atoms with van der Waals surface area (Å²) in [7, 11) is 0. The topological polar surface area (TPSA) is 38.3 Å². The number of nitrogens with one attached hydrogen (secondary N) is 1. The van der Waals surface area contributed by atoms with E-state index in [1.54, 1.807) is 6.08 Å². The molecule has 3 heteroatoms. The molecule has 1 N–H and O–H groups in total. The van der Waals surface area contributed by atoms with Crippen molar-refractivity contribution in [2.24, 2.45) is 0 Å². The number of hydrogen-bond donors (Lipinski definition) is 1. The van der Waals surface area contributed by atoms with Crippen molar-refractivity contribution in [1.29, 1.82) is 0 Å². The summed E-state index contributed by atoms with van der Waals surface area (Å²) in [5, 5.41) is 3.56. The van der Waals surface area contributed by atoms with E-state index < -0.39 is 0 Å². The van der Waals surface area contributed by atoms with Crippen LogP contribution < -0.4 is 5.32 Å². The van der Waals surface area contributed by atoms with Gasteiger partial charge in [-0.15, -0.1) is 6.58 Å². The quantitative estimate of drug-likeness (QED) is 0.592. The van der Waals surface area contributed by atoms with Crippen LogP contribution in [0.4, 0.5) is 0 Å². The fourth-order valence-electron chi connectivity index (χ4n) is 2.66. The Balaban J connectivity index is 2.60. The molecule has 0 bridgehead atoms. The van der Waals surface area contributed by atoms with E-state index in [1.165, 1.54) is 0 Å². The molecule has 0 atom stereocenters. The third-order valence-corrected chi connectivity index (χ3v) is 2.76. The van der Waals surface area contributed by atoms with E-state index in [2.05, 4.69) is 39.6 Å². The summed E-state index contributed by atoms with van der Waals surface area (Å²) in [4.78, 5) is 11.4. The molecule has 16 heavy (non-hydrogen) atoms. The number of rotatable bonds is 3. The number of esters is 1. The second-order valence-electron chi connectivity index (χ2n) is 5.91. The van der Waals surface area contributed by atoms with Crippen LogP contribution >= 0.6 is 0 Å². The van der Waals surface area contributed by atoms with Gasteiger partial charge in [-0.1, -0.05) is 6.08 Å². The maximum absolute atomic E-state index is 11.4. The fraction of sp³-hybridized carbons (Fsp3) is 0.769. The molecule has 0 spiro atoms. The number of piperidine rings is 1. The van der Waals surface area contributed by atoms with E-state index in [0.29, 0.717) is 6.42 Å². The van der Waals surface area contributed by atoms with E-state index in [0.717, 1.165) is 12.8 Å². The Hall–Kier alpha value is -0.830. The van der Waals surface area contributed by atoms with Crippen molar-refractivity contribution in [3.63, 3.8) is 0 Å². The minimum atomic E-state index is -0.173. The van der Waals surface area contributed by atoms with Gasteiger partial charge in [0.1, 0.15) is 6.10 Å². The van der Waals surface area contributed by atoms with Crippen molar-refractivity contribution < 1.29 is 9.53 Å². The molecule has 1 saturated heterocycles. The van der Waals surface area contributed by atoms with Crippen LogP contribution in [-0.2, 0) is 9.53 Å². The molecule has 3 nitrogen and oxygen atoms in total. The van der Waals surface area contributed by atoms with Gasteiger partial charge in [-0.2, -0.15) is 0 Å². The molecule has 0 unspecified atom stereocenters. The van der Waals surface area contributed by atoms with Gasteiger partial charge in [-0.3, -0.25) is 4.79 Å². The zero-order valence-corrected chi connectivity index (χ0v) is 10.8. The van der Waals surface area contributed by atoms with E-state index >= 15 is 0 Å². The van der Waals surface area contributed by atoms with Crippen LogP contribution in [0.1, 0.15) is 47.0 Å². The minimum absolute atomic E-state index is 0.0127. The lowest BCUT2D eigenvalue weighted by Crippen LogP contribution is -2.59. The van der Waals surface area contributed by atoms with Crippen molar-refractivity contribution in [2.75, 3.05) is 0 Å². The predicted octanol–water partition coefficient (Wildman–Crippen LogP) is 2.41. The SMILES string of the molecule is C=CCC(=O)OC1CC(C)(C)NC(C)(C)C1. The summed E-state index contributed by atoms with van der Waals surface area (Å²) in [6, 6.07) is 0. The predicted molar refractivity (Wildman–Crippen MR) is 65.2 cm³/mol. The largest absolute Gasteiger partial charge is 0.462 e. The van der Waals surface area contributed by atoms with Gasteiger partial charge in [0.25, 0.3) is 0 Å². The van der Waals surface area contributed by atoms with Crippen molar-refractivity contribution in [1.82, 2.24) is 5.32 Å². The molecule has 92 valence electrons. The monoisotopic (exact) mass is 225 g/mol. The van der Waals surface area contributed by atoms with Crippen molar-refractivity contribution in [3.05, 3.63) is 12.7 Å². The Labute approximate surface area is 98.2 Å². The smallest absolute Gasteiger partial charge is 0.309 e. The number of hydrogen-bond acceptors (Lipinski definition) is 3. The van der Waals surface area contributed by atoms with Crippen LogP contribution in [-0.4, -0.2) is 23.2 Å². The van der Waals surface area contributed by atoms with Crippen molar-refractivity contribution in [2.45, 2.75) is 64.1 Å². The van der Waals surface area contributed by atoms with Crippen molar-refractivity contribution in [3.8, 4) is 0 Å². The van der Waals surface area contributed by atoms with Gasteiger partial charge in [0.05, 0.1) is 6.42 Å². The molecular formula is C13H23NO2. The van der Waals surface area contributed by atoms with Crippen LogP contribution in [0.5, 0.6) is 0 Å². The first-order chi connectivity index (χ1) is 7.24. The van der Waals surface area contributed by atoms with E-state index in [-0.39, 0.29) is 23.2 Å². The number of carbonyl (C=O) groups excluding carboxylic acids is 1. The molecule has 1 aliphatic heterocycles. The summed E-state index contributed by atoms with van der Waals surface area (Å²) < 4.78 is 5.45. The third-order valence-electron chi connectivity index (χ3n) is 2.76. The average molecular weight is 225 g/mol. The lowest BCUT2D eigenvalue weighted by molar-refractivity contribution is -0.152. The first kappa shape index (κ1) is 13.2. The molecule has 0 aromatic heterocycles.